The van der Waals surface area contributed by atoms with E-state index >= 15 is 0 Å². The lowest BCUT2D eigenvalue weighted by molar-refractivity contribution is 0.318. The molecular weight excluding hydrogens is 172 g/mol. The zero-order valence-corrected chi connectivity index (χ0v) is 7.37. The van der Waals surface area contributed by atoms with Crippen LogP contribution in [0.1, 0.15) is 12.5 Å². The Kier molecular flexibility index (Phi) is 2.56. The highest BCUT2D eigenvalue weighted by Crippen LogP contribution is 2.17. The van der Waals surface area contributed by atoms with Crippen molar-refractivity contribution in [2.24, 2.45) is 5.16 Å². The monoisotopic (exact) mass is 181 g/mol. The van der Waals surface area contributed by atoms with E-state index in [4.69, 9.17) is 5.21 Å². The van der Waals surface area contributed by atoms with E-state index in [2.05, 4.69) is 5.16 Å². The Morgan fingerprint density at radius 1 is 1.54 bits per heavy atom. The third kappa shape index (κ3) is 1.80. The molecule has 0 saturated carbocycles. The predicted molar refractivity (Wildman–Crippen MR) is 50.2 cm³/mol. The van der Waals surface area contributed by atoms with E-state index in [1.54, 1.807) is 7.85 Å². The van der Waals surface area contributed by atoms with E-state index in [9.17, 15) is 9.50 Å². The van der Waals surface area contributed by atoms with Crippen LogP contribution < -0.4 is 5.46 Å². The number of phenols is 1. The maximum Gasteiger partial charge on any atom is 0.143 e. The molecule has 0 radical (unpaired) electrons. The number of oxime groups is 1. The van der Waals surface area contributed by atoms with E-state index in [-0.39, 0.29) is 11.5 Å². The maximum atomic E-state index is 12.9. The lowest BCUT2D eigenvalue weighted by Crippen LogP contribution is -2.11. The van der Waals surface area contributed by atoms with Crippen molar-refractivity contribution in [2.75, 3.05) is 0 Å². The molecule has 2 N–H and O–H groups in total. The molecule has 0 spiro atoms. The molecule has 0 unspecified atom stereocenters. The van der Waals surface area contributed by atoms with Gasteiger partial charge in [0.25, 0.3) is 0 Å². The Morgan fingerprint density at radius 2 is 2.15 bits per heavy atom. The van der Waals surface area contributed by atoms with Gasteiger partial charge < -0.3 is 10.3 Å². The molecule has 0 aliphatic carbocycles. The van der Waals surface area contributed by atoms with Gasteiger partial charge in [0.15, 0.2) is 0 Å². The average Bonchev–Trinajstić information content (AvgIpc) is 2.10. The van der Waals surface area contributed by atoms with Crippen LogP contribution in [-0.2, 0) is 0 Å². The molecule has 0 fully saturated rings. The van der Waals surface area contributed by atoms with Crippen molar-refractivity contribution in [3.05, 3.63) is 23.5 Å². The molecule has 0 atom stereocenters. The van der Waals surface area contributed by atoms with Crippen LogP contribution in [0, 0.1) is 5.82 Å². The number of hydrogen-bond donors (Lipinski definition) is 2. The average molecular weight is 181 g/mol. The Bertz CT molecular complexity index is 365. The second kappa shape index (κ2) is 3.47. The fourth-order valence-electron chi connectivity index (χ4n) is 1.01. The van der Waals surface area contributed by atoms with Gasteiger partial charge in [-0.1, -0.05) is 16.7 Å². The summed E-state index contributed by atoms with van der Waals surface area (Å²) in [5.41, 5.74) is 0.984. The van der Waals surface area contributed by atoms with Gasteiger partial charge in [0, 0.05) is 11.6 Å². The zero-order valence-electron chi connectivity index (χ0n) is 7.37. The van der Waals surface area contributed by atoms with Gasteiger partial charge in [-0.3, -0.25) is 0 Å². The van der Waals surface area contributed by atoms with Crippen LogP contribution in [0.15, 0.2) is 17.3 Å². The summed E-state index contributed by atoms with van der Waals surface area (Å²) in [7, 11) is 1.57. The van der Waals surface area contributed by atoms with Gasteiger partial charge in [0.2, 0.25) is 0 Å². The van der Waals surface area contributed by atoms with Crippen molar-refractivity contribution < 1.29 is 14.7 Å². The first kappa shape index (κ1) is 9.57. The van der Waals surface area contributed by atoms with Gasteiger partial charge in [-0.05, 0) is 6.92 Å². The lowest BCUT2D eigenvalue weighted by atomic mass is 9.92. The molecule has 1 aromatic rings. The van der Waals surface area contributed by atoms with Crippen LogP contribution in [0.25, 0.3) is 0 Å². The number of rotatable bonds is 1. The molecule has 5 heteroatoms. The summed E-state index contributed by atoms with van der Waals surface area (Å²) in [4.78, 5) is 0. The van der Waals surface area contributed by atoms with Crippen LogP contribution in [0.5, 0.6) is 5.75 Å². The normalized spacial score (nSPS) is 11.7. The van der Waals surface area contributed by atoms with Crippen LogP contribution in [0.4, 0.5) is 4.39 Å². The first-order valence-corrected chi connectivity index (χ1v) is 3.74. The van der Waals surface area contributed by atoms with Crippen LogP contribution >= 0.6 is 0 Å². The fraction of sp³-hybridized carbons (Fsp3) is 0.125. The van der Waals surface area contributed by atoms with Crippen molar-refractivity contribution in [3.63, 3.8) is 0 Å². The number of aromatic hydroxyl groups is 1. The summed E-state index contributed by atoms with van der Waals surface area (Å²) in [5.74, 6) is -0.703. The van der Waals surface area contributed by atoms with Gasteiger partial charge in [0.1, 0.15) is 19.4 Å². The number of halogens is 1. The zero-order chi connectivity index (χ0) is 10.0. The minimum absolute atomic E-state index is 0.224. The van der Waals surface area contributed by atoms with E-state index < -0.39 is 5.82 Å². The van der Waals surface area contributed by atoms with Gasteiger partial charge >= 0.3 is 0 Å². The highest BCUT2D eigenvalue weighted by molar-refractivity contribution is 6.33. The molecule has 68 valence electrons. The first-order valence-electron chi connectivity index (χ1n) is 3.74. The Hall–Kier alpha value is -1.52. The number of benzene rings is 1. The molecule has 0 bridgehead atoms. The van der Waals surface area contributed by atoms with Crippen molar-refractivity contribution in [2.45, 2.75) is 6.92 Å². The first-order chi connectivity index (χ1) is 6.06. The fourth-order valence-corrected chi connectivity index (χ4v) is 1.01. The Labute approximate surface area is 75.9 Å². The number of hydrogen-bond acceptors (Lipinski definition) is 3. The van der Waals surface area contributed by atoms with Crippen molar-refractivity contribution in [3.8, 4) is 5.75 Å². The van der Waals surface area contributed by atoms with E-state index in [1.165, 1.54) is 13.0 Å². The third-order valence-electron chi connectivity index (χ3n) is 1.82. The Morgan fingerprint density at radius 3 is 2.69 bits per heavy atom. The quantitative estimate of drug-likeness (QED) is 0.277. The van der Waals surface area contributed by atoms with Gasteiger partial charge in [-0.2, -0.15) is 0 Å². The predicted octanol–water partition coefficient (Wildman–Crippen LogP) is -0.0121. The van der Waals surface area contributed by atoms with Crippen LogP contribution in [0.3, 0.4) is 0 Å². The minimum Gasteiger partial charge on any atom is -0.507 e. The molecule has 0 heterocycles. The van der Waals surface area contributed by atoms with Crippen LogP contribution in [-0.4, -0.2) is 23.9 Å². The topological polar surface area (TPSA) is 52.8 Å². The molecule has 0 amide bonds. The third-order valence-corrected chi connectivity index (χ3v) is 1.82. The van der Waals surface area contributed by atoms with Crippen molar-refractivity contribution >= 4 is 19.0 Å². The lowest BCUT2D eigenvalue weighted by Gasteiger charge is -2.04. The van der Waals surface area contributed by atoms with Crippen molar-refractivity contribution in [1.29, 1.82) is 0 Å². The summed E-state index contributed by atoms with van der Waals surface area (Å²) in [6.45, 7) is 1.52. The second-order valence-electron chi connectivity index (χ2n) is 2.80. The molecule has 0 aromatic heterocycles. The molecule has 1 rings (SSSR count). The van der Waals surface area contributed by atoms with Gasteiger partial charge in [0.05, 0.1) is 5.71 Å². The molecular formula is C8H9BFNO2. The van der Waals surface area contributed by atoms with Crippen LogP contribution in [0.2, 0.25) is 0 Å². The summed E-state index contributed by atoms with van der Waals surface area (Å²) < 4.78 is 12.9. The molecule has 0 aliphatic heterocycles. The molecule has 1 aromatic carbocycles. The van der Waals surface area contributed by atoms with E-state index in [0.717, 1.165) is 6.07 Å². The highest BCUT2D eigenvalue weighted by Gasteiger charge is 2.08. The van der Waals surface area contributed by atoms with E-state index in [0.29, 0.717) is 11.0 Å². The standard InChI is InChI=1S/C8H9BFNO2/c1-4(11-13)5-2-6(9)7(10)3-8(5)12/h2-3,12-13H,9H2,1H3/b11-4+. The largest absolute Gasteiger partial charge is 0.507 e. The van der Waals surface area contributed by atoms with E-state index in [1.807, 2.05) is 0 Å². The summed E-state index contributed by atoms with van der Waals surface area (Å²) in [6, 6.07) is 2.43. The summed E-state index contributed by atoms with van der Waals surface area (Å²) in [6.07, 6.45) is 0. The number of phenolic OH excluding ortho intramolecular Hbond substituents is 1. The molecule has 13 heavy (non-hydrogen) atoms. The molecule has 0 saturated heterocycles. The molecule has 0 aliphatic rings. The Balaban J connectivity index is 3.32. The highest BCUT2D eigenvalue weighted by atomic mass is 19.1. The molecule has 3 nitrogen and oxygen atoms in total. The van der Waals surface area contributed by atoms with Gasteiger partial charge in [-0.25, -0.2) is 4.39 Å². The maximum absolute atomic E-state index is 12.9. The second-order valence-corrected chi connectivity index (χ2v) is 2.80. The van der Waals surface area contributed by atoms with Gasteiger partial charge in [-0.15, -0.1) is 0 Å². The smallest absolute Gasteiger partial charge is 0.143 e. The summed E-state index contributed by atoms with van der Waals surface area (Å²) >= 11 is 0. The number of nitrogens with zero attached hydrogens (tertiary/aromatic N) is 1. The van der Waals surface area contributed by atoms with Crippen molar-refractivity contribution in [1.82, 2.24) is 0 Å². The SMILES string of the molecule is Bc1cc(/C(C)=N/O)c(O)cc1F. The minimum atomic E-state index is -0.480. The summed E-state index contributed by atoms with van der Waals surface area (Å²) in [5, 5.41) is 20.7.